The number of imidazole rings is 1. The molecule has 1 fully saturated rings. The summed E-state index contributed by atoms with van der Waals surface area (Å²) in [5, 5.41) is 12.0. The Hall–Kier alpha value is -2.74. The fourth-order valence-corrected chi connectivity index (χ4v) is 5.02. The molecule has 4 rings (SSSR count). The van der Waals surface area contributed by atoms with Crippen molar-refractivity contribution in [2.24, 2.45) is 0 Å². The topological polar surface area (TPSA) is 69.0 Å². The maximum absolute atomic E-state index is 11.3. The summed E-state index contributed by atoms with van der Waals surface area (Å²) < 4.78 is 19.8. The van der Waals surface area contributed by atoms with Crippen molar-refractivity contribution in [3.63, 3.8) is 0 Å². The first-order valence-corrected chi connectivity index (χ1v) is 13.3. The predicted molar refractivity (Wildman–Crippen MR) is 146 cm³/mol. The van der Waals surface area contributed by atoms with Gasteiger partial charge in [0.25, 0.3) is 0 Å². The van der Waals surface area contributed by atoms with Gasteiger partial charge < -0.3 is 23.9 Å². The third kappa shape index (κ3) is 7.18. The molecule has 2 aromatic carbocycles. The Morgan fingerprint density at radius 2 is 1.86 bits per heavy atom. The zero-order valence-electron chi connectivity index (χ0n) is 22.3. The van der Waals surface area contributed by atoms with Gasteiger partial charge in [-0.25, -0.2) is 4.98 Å². The van der Waals surface area contributed by atoms with Crippen molar-refractivity contribution in [2.75, 3.05) is 33.4 Å². The number of rotatable bonds is 11. The first-order chi connectivity index (χ1) is 17.8. The van der Waals surface area contributed by atoms with E-state index in [0.29, 0.717) is 19.6 Å². The normalized spacial score (nSPS) is 18.1. The molecule has 1 N–H and O–H groups in total. The minimum atomic E-state index is -0.902. The lowest BCUT2D eigenvalue weighted by Crippen LogP contribution is -2.51. The van der Waals surface area contributed by atoms with Gasteiger partial charge in [-0.05, 0) is 87.5 Å². The van der Waals surface area contributed by atoms with E-state index in [2.05, 4.69) is 20.5 Å². The molecule has 1 atom stereocenters. The lowest BCUT2D eigenvalue weighted by molar-refractivity contribution is -0.0621. The van der Waals surface area contributed by atoms with E-state index >= 15 is 0 Å². The van der Waals surface area contributed by atoms with Gasteiger partial charge in [-0.15, -0.1) is 0 Å². The highest BCUT2D eigenvalue weighted by Crippen LogP contribution is 2.31. The summed E-state index contributed by atoms with van der Waals surface area (Å²) in [4.78, 5) is 6.52. The molecule has 1 aromatic heterocycles. The SMILES string of the molecule is COc1cc(CN2CCCC(O)(COc3cc(C)c(Cl)c(C)c3)C2)ccc1OCCCn1ccnc1C. The average molecular weight is 528 g/mol. The number of methoxy groups -OCH3 is 1. The Morgan fingerprint density at radius 1 is 1.08 bits per heavy atom. The van der Waals surface area contributed by atoms with E-state index in [1.54, 1.807) is 7.11 Å². The number of aromatic nitrogens is 2. The monoisotopic (exact) mass is 527 g/mol. The number of nitrogens with zero attached hydrogens (tertiary/aromatic N) is 3. The molecule has 1 aliphatic rings. The highest BCUT2D eigenvalue weighted by molar-refractivity contribution is 6.32. The lowest BCUT2D eigenvalue weighted by atomic mass is 9.93. The van der Waals surface area contributed by atoms with Crippen LogP contribution < -0.4 is 14.2 Å². The number of likely N-dealkylation sites (tertiary alicyclic amines) is 1. The summed E-state index contributed by atoms with van der Waals surface area (Å²) in [6, 6.07) is 9.92. The number of halogens is 1. The Bertz CT molecular complexity index is 1170. The number of ether oxygens (including phenoxy) is 3. The molecule has 1 aliphatic heterocycles. The van der Waals surface area contributed by atoms with Crippen molar-refractivity contribution in [2.45, 2.75) is 58.7 Å². The van der Waals surface area contributed by atoms with Crippen LogP contribution in [0.25, 0.3) is 0 Å². The molecule has 0 amide bonds. The lowest BCUT2D eigenvalue weighted by Gasteiger charge is -2.39. The molecule has 200 valence electrons. The zero-order chi connectivity index (χ0) is 26.4. The second-order valence-corrected chi connectivity index (χ2v) is 10.4. The molecule has 1 saturated heterocycles. The van der Waals surface area contributed by atoms with E-state index in [1.807, 2.05) is 57.4 Å². The number of hydrogen-bond acceptors (Lipinski definition) is 6. The molecule has 7 nitrogen and oxygen atoms in total. The standard InChI is InChI=1S/C29H38ClN3O4/c1-21-15-25(16-22(2)28(21)30)37-20-29(34)9-5-11-32(19-29)18-24-7-8-26(27(17-24)35-4)36-14-6-12-33-13-10-31-23(33)3/h7-8,10,13,15-17,34H,5-6,9,11-12,14,18-20H2,1-4H3. The van der Waals surface area contributed by atoms with E-state index in [4.69, 9.17) is 25.8 Å². The van der Waals surface area contributed by atoms with Crippen LogP contribution in [0, 0.1) is 20.8 Å². The number of piperidine rings is 1. The second-order valence-electron chi connectivity index (χ2n) is 10.1. The summed E-state index contributed by atoms with van der Waals surface area (Å²) in [5.41, 5.74) is 2.17. The number of aliphatic hydroxyl groups is 1. The van der Waals surface area contributed by atoms with Gasteiger partial charge in [0.2, 0.25) is 0 Å². The van der Waals surface area contributed by atoms with Gasteiger partial charge in [-0.3, -0.25) is 4.90 Å². The van der Waals surface area contributed by atoms with Gasteiger partial charge in [0, 0.05) is 37.1 Å². The van der Waals surface area contributed by atoms with Crippen molar-refractivity contribution >= 4 is 11.6 Å². The Labute approximate surface area is 224 Å². The molecule has 0 spiro atoms. The van der Waals surface area contributed by atoms with Crippen molar-refractivity contribution < 1.29 is 19.3 Å². The van der Waals surface area contributed by atoms with Gasteiger partial charge in [0.15, 0.2) is 11.5 Å². The molecule has 0 bridgehead atoms. The van der Waals surface area contributed by atoms with Crippen LogP contribution in [0.3, 0.4) is 0 Å². The molecular weight excluding hydrogens is 490 g/mol. The molecule has 0 aliphatic carbocycles. The molecule has 1 unspecified atom stereocenters. The summed E-state index contributed by atoms with van der Waals surface area (Å²) in [6.45, 7) is 9.84. The smallest absolute Gasteiger partial charge is 0.161 e. The Kier molecular flexibility index (Phi) is 9.00. The van der Waals surface area contributed by atoms with Crippen LogP contribution in [0.15, 0.2) is 42.7 Å². The first kappa shape index (κ1) is 27.3. The maximum atomic E-state index is 11.3. The highest BCUT2D eigenvalue weighted by atomic mass is 35.5. The maximum Gasteiger partial charge on any atom is 0.161 e. The van der Waals surface area contributed by atoms with Crippen LogP contribution in [0.1, 0.15) is 41.8 Å². The van der Waals surface area contributed by atoms with Gasteiger partial charge in [-0.1, -0.05) is 17.7 Å². The third-order valence-corrected chi connectivity index (χ3v) is 7.51. The fraction of sp³-hybridized carbons (Fsp3) is 0.483. The largest absolute Gasteiger partial charge is 0.493 e. The van der Waals surface area contributed by atoms with Crippen LogP contribution in [-0.2, 0) is 13.1 Å². The number of hydrogen-bond donors (Lipinski definition) is 1. The molecule has 8 heteroatoms. The molecule has 2 heterocycles. The van der Waals surface area contributed by atoms with Gasteiger partial charge in [0.05, 0.1) is 13.7 Å². The predicted octanol–water partition coefficient (Wildman–Crippen LogP) is 5.35. The van der Waals surface area contributed by atoms with Gasteiger partial charge >= 0.3 is 0 Å². The van der Waals surface area contributed by atoms with Gasteiger partial charge in [0.1, 0.15) is 23.8 Å². The van der Waals surface area contributed by atoms with Crippen molar-refractivity contribution in [3.8, 4) is 17.2 Å². The number of β-amino-alcohol motifs (C(OH)–C–C–N with tert-alkyl or cyclic N) is 1. The Balaban J connectivity index is 1.30. The van der Waals surface area contributed by atoms with Crippen LogP contribution in [0.4, 0.5) is 0 Å². The molecular formula is C29H38ClN3O4. The Morgan fingerprint density at radius 3 is 2.57 bits per heavy atom. The molecule has 0 radical (unpaired) electrons. The summed E-state index contributed by atoms with van der Waals surface area (Å²) >= 11 is 6.28. The van der Waals surface area contributed by atoms with Crippen LogP contribution >= 0.6 is 11.6 Å². The average Bonchev–Trinajstić information content (AvgIpc) is 3.29. The minimum Gasteiger partial charge on any atom is -0.493 e. The fourth-order valence-electron chi connectivity index (χ4n) is 4.91. The minimum absolute atomic E-state index is 0.249. The van der Waals surface area contributed by atoms with E-state index in [-0.39, 0.29) is 6.61 Å². The first-order valence-electron chi connectivity index (χ1n) is 12.9. The molecule has 0 saturated carbocycles. The molecule has 37 heavy (non-hydrogen) atoms. The van der Waals surface area contributed by atoms with Gasteiger partial charge in [-0.2, -0.15) is 0 Å². The van der Waals surface area contributed by atoms with E-state index < -0.39 is 5.60 Å². The summed E-state index contributed by atoms with van der Waals surface area (Å²) in [6.07, 6.45) is 6.30. The van der Waals surface area contributed by atoms with E-state index in [9.17, 15) is 5.11 Å². The van der Waals surface area contributed by atoms with E-state index in [0.717, 1.165) is 77.3 Å². The van der Waals surface area contributed by atoms with Crippen LogP contribution in [0.5, 0.6) is 17.2 Å². The van der Waals surface area contributed by atoms with Crippen molar-refractivity contribution in [1.82, 2.24) is 14.5 Å². The third-order valence-electron chi connectivity index (χ3n) is 6.91. The second kappa shape index (κ2) is 12.2. The summed E-state index contributed by atoms with van der Waals surface area (Å²) in [7, 11) is 1.66. The number of aryl methyl sites for hydroxylation is 4. The highest BCUT2D eigenvalue weighted by Gasteiger charge is 2.34. The molecule has 3 aromatic rings. The van der Waals surface area contributed by atoms with Crippen LogP contribution in [-0.4, -0.2) is 58.6 Å². The zero-order valence-corrected chi connectivity index (χ0v) is 23.1. The van der Waals surface area contributed by atoms with Crippen molar-refractivity contribution in [1.29, 1.82) is 0 Å². The van der Waals surface area contributed by atoms with Crippen LogP contribution in [0.2, 0.25) is 5.02 Å². The van der Waals surface area contributed by atoms with Crippen molar-refractivity contribution in [3.05, 3.63) is 70.3 Å². The quantitative estimate of drug-likeness (QED) is 0.339. The summed E-state index contributed by atoms with van der Waals surface area (Å²) in [5.74, 6) is 3.21. The number of benzene rings is 2. The van der Waals surface area contributed by atoms with E-state index in [1.165, 1.54) is 0 Å².